The predicted molar refractivity (Wildman–Crippen MR) is 120 cm³/mol. The van der Waals surface area contributed by atoms with Crippen LogP contribution in [-0.4, -0.2) is 23.3 Å². The lowest BCUT2D eigenvalue weighted by Crippen LogP contribution is -2.57. The molecule has 4 aliphatic rings. The van der Waals surface area contributed by atoms with E-state index in [-0.39, 0.29) is 33.7 Å². The van der Waals surface area contributed by atoms with Crippen molar-refractivity contribution in [1.82, 2.24) is 0 Å². The molecule has 30 heavy (non-hydrogen) atoms. The summed E-state index contributed by atoms with van der Waals surface area (Å²) in [6.45, 7) is 13.7. The van der Waals surface area contributed by atoms with Gasteiger partial charge >= 0.3 is 0 Å². The van der Waals surface area contributed by atoms with E-state index in [1.165, 1.54) is 5.57 Å². The number of hydrogen-bond acceptors (Lipinski definition) is 3. The zero-order valence-electron chi connectivity index (χ0n) is 19.8. The quantitative estimate of drug-likeness (QED) is 0.480. The summed E-state index contributed by atoms with van der Waals surface area (Å²) in [4.78, 5) is 24.6. The van der Waals surface area contributed by atoms with E-state index in [9.17, 15) is 14.7 Å². The van der Waals surface area contributed by atoms with Gasteiger partial charge < -0.3 is 5.11 Å². The second kappa shape index (κ2) is 6.89. The van der Waals surface area contributed by atoms with E-state index >= 15 is 0 Å². The lowest BCUT2D eigenvalue weighted by Gasteiger charge is -2.61. The van der Waals surface area contributed by atoms with Gasteiger partial charge in [0.15, 0.2) is 5.78 Å². The van der Waals surface area contributed by atoms with E-state index in [1.807, 2.05) is 0 Å². The number of Topliss-reactive ketones (excluding diaryl/α,β-unsaturated/α-hetero) is 1. The van der Waals surface area contributed by atoms with Crippen LogP contribution < -0.4 is 0 Å². The summed E-state index contributed by atoms with van der Waals surface area (Å²) in [6, 6.07) is 0. The smallest absolute Gasteiger partial charge is 0.159 e. The van der Waals surface area contributed by atoms with Crippen LogP contribution in [0.25, 0.3) is 0 Å². The summed E-state index contributed by atoms with van der Waals surface area (Å²) in [7, 11) is 0. The second-order valence-electron chi connectivity index (χ2n) is 12.1. The Bertz CT molecular complexity index is 820. The predicted octanol–water partition coefficient (Wildman–Crippen LogP) is 5.67. The first-order chi connectivity index (χ1) is 13.9. The molecule has 0 aromatic heterocycles. The van der Waals surface area contributed by atoms with Crippen LogP contribution in [0.2, 0.25) is 0 Å². The molecule has 3 nitrogen and oxygen atoms in total. The minimum atomic E-state index is -0.323. The molecule has 0 amide bonds. The fourth-order valence-electron chi connectivity index (χ4n) is 8.59. The van der Waals surface area contributed by atoms with E-state index < -0.39 is 0 Å². The van der Waals surface area contributed by atoms with Crippen LogP contribution in [0.5, 0.6) is 0 Å². The van der Waals surface area contributed by atoms with Gasteiger partial charge in [0, 0.05) is 17.4 Å². The molecule has 2 fully saturated rings. The number of aliphatic hydroxyl groups is 1. The molecule has 4 rings (SSSR count). The maximum absolute atomic E-state index is 13.8. The number of carbonyl (C=O) groups is 2. The van der Waals surface area contributed by atoms with Crippen LogP contribution in [-0.2, 0) is 9.59 Å². The molecule has 0 aromatic carbocycles. The lowest BCUT2D eigenvalue weighted by atomic mass is 9.43. The minimum Gasteiger partial charge on any atom is -0.393 e. The van der Waals surface area contributed by atoms with Crippen molar-refractivity contribution in [2.75, 3.05) is 0 Å². The molecule has 2 saturated carbocycles. The summed E-state index contributed by atoms with van der Waals surface area (Å²) in [6.07, 6.45) is 11.0. The number of carbonyl (C=O) groups excluding carboxylic acids is 2. The van der Waals surface area contributed by atoms with E-state index in [4.69, 9.17) is 0 Å². The Kier molecular flexibility index (Phi) is 5.05. The highest BCUT2D eigenvalue weighted by molar-refractivity contribution is 5.99. The van der Waals surface area contributed by atoms with Gasteiger partial charge in [0.25, 0.3) is 0 Å². The third kappa shape index (κ3) is 2.66. The zero-order chi connectivity index (χ0) is 22.1. The van der Waals surface area contributed by atoms with Crippen molar-refractivity contribution in [2.24, 2.45) is 39.4 Å². The molecule has 0 saturated heterocycles. The normalized spacial score (nSPS) is 46.4. The summed E-state index contributed by atoms with van der Waals surface area (Å²) in [5, 5.41) is 10.7. The van der Waals surface area contributed by atoms with Gasteiger partial charge in [-0.15, -0.1) is 0 Å². The van der Waals surface area contributed by atoms with Gasteiger partial charge in [0.2, 0.25) is 0 Å². The van der Waals surface area contributed by atoms with Gasteiger partial charge in [0.05, 0.1) is 6.10 Å². The van der Waals surface area contributed by atoms with Crippen molar-refractivity contribution in [3.8, 4) is 0 Å². The lowest BCUT2D eigenvalue weighted by molar-refractivity contribution is -0.133. The Morgan fingerprint density at radius 1 is 1.07 bits per heavy atom. The van der Waals surface area contributed by atoms with E-state index in [1.54, 1.807) is 6.08 Å². The van der Waals surface area contributed by atoms with Gasteiger partial charge in [-0.25, -0.2) is 0 Å². The van der Waals surface area contributed by atoms with Crippen LogP contribution in [0.4, 0.5) is 0 Å². The average Bonchev–Trinajstić information content (AvgIpc) is 2.96. The summed E-state index contributed by atoms with van der Waals surface area (Å²) in [5.74, 6) is 1.41. The van der Waals surface area contributed by atoms with Crippen molar-refractivity contribution in [1.29, 1.82) is 0 Å². The standard InChI is InChI=1S/C27H40O3/c1-17(8-7-15-28)18-9-14-27(6)23-19(10-13-26(18,27)5)25(4)12-11-22(30)24(2,3)21(25)16-20(23)29/h7-8,15,17-18,21-22,30H,9-14,16H2,1-6H3/b8-7+/t17-,18+,21+,22+,25-,26+,27-/m1/s1. The zero-order valence-corrected chi connectivity index (χ0v) is 19.8. The van der Waals surface area contributed by atoms with E-state index in [0.29, 0.717) is 24.0 Å². The Balaban J connectivity index is 1.80. The van der Waals surface area contributed by atoms with E-state index in [0.717, 1.165) is 50.4 Å². The number of rotatable bonds is 3. The van der Waals surface area contributed by atoms with Crippen LogP contribution in [0.3, 0.4) is 0 Å². The maximum atomic E-state index is 13.8. The highest BCUT2D eigenvalue weighted by Gasteiger charge is 2.65. The fraction of sp³-hybridized carbons (Fsp3) is 0.778. The number of fused-ring (bicyclic) bond motifs is 4. The molecular weight excluding hydrogens is 372 g/mol. The molecule has 0 unspecified atom stereocenters. The molecular formula is C27H40O3. The molecule has 0 heterocycles. The molecule has 7 atom stereocenters. The molecule has 0 radical (unpaired) electrons. The first-order valence-corrected chi connectivity index (χ1v) is 12.0. The van der Waals surface area contributed by atoms with E-state index in [2.05, 4.69) is 47.6 Å². The topological polar surface area (TPSA) is 54.4 Å². The van der Waals surface area contributed by atoms with Crippen molar-refractivity contribution < 1.29 is 14.7 Å². The molecule has 0 spiro atoms. The number of allylic oxidation sites excluding steroid dienone is 4. The van der Waals surface area contributed by atoms with Crippen molar-refractivity contribution in [2.45, 2.75) is 92.6 Å². The Hall–Kier alpha value is -1.22. The molecule has 1 N–H and O–H groups in total. The minimum absolute atomic E-state index is 0.0252. The van der Waals surface area contributed by atoms with Gasteiger partial charge in [-0.1, -0.05) is 53.2 Å². The first-order valence-electron chi connectivity index (χ1n) is 12.0. The van der Waals surface area contributed by atoms with Gasteiger partial charge in [-0.2, -0.15) is 0 Å². The molecule has 0 aromatic rings. The average molecular weight is 413 g/mol. The van der Waals surface area contributed by atoms with Gasteiger partial charge in [0.1, 0.15) is 6.29 Å². The Labute approximate surface area is 182 Å². The molecule has 166 valence electrons. The first kappa shape index (κ1) is 22.0. The summed E-state index contributed by atoms with van der Waals surface area (Å²) < 4.78 is 0. The monoisotopic (exact) mass is 412 g/mol. The summed E-state index contributed by atoms with van der Waals surface area (Å²) in [5.41, 5.74) is 2.39. The number of aldehydes is 1. The third-order valence-electron chi connectivity index (χ3n) is 10.7. The summed E-state index contributed by atoms with van der Waals surface area (Å²) >= 11 is 0. The van der Waals surface area contributed by atoms with Crippen LogP contribution in [0.1, 0.15) is 86.5 Å². The third-order valence-corrected chi connectivity index (χ3v) is 10.7. The highest BCUT2D eigenvalue weighted by Crippen LogP contribution is 2.71. The fourth-order valence-corrected chi connectivity index (χ4v) is 8.59. The largest absolute Gasteiger partial charge is 0.393 e. The second-order valence-corrected chi connectivity index (χ2v) is 12.1. The Morgan fingerprint density at radius 2 is 1.77 bits per heavy atom. The molecule has 3 heteroatoms. The van der Waals surface area contributed by atoms with Crippen LogP contribution in [0, 0.1) is 39.4 Å². The van der Waals surface area contributed by atoms with Crippen LogP contribution in [0.15, 0.2) is 23.3 Å². The molecule has 0 bridgehead atoms. The Morgan fingerprint density at radius 3 is 2.43 bits per heavy atom. The molecule has 4 aliphatic carbocycles. The number of ketones is 1. The van der Waals surface area contributed by atoms with Gasteiger partial charge in [-0.3, -0.25) is 9.59 Å². The van der Waals surface area contributed by atoms with Crippen LogP contribution >= 0.6 is 0 Å². The molecule has 0 aliphatic heterocycles. The van der Waals surface area contributed by atoms with Gasteiger partial charge in [-0.05, 0) is 78.6 Å². The highest BCUT2D eigenvalue weighted by atomic mass is 16.3. The van der Waals surface area contributed by atoms with Crippen molar-refractivity contribution in [3.05, 3.63) is 23.3 Å². The van der Waals surface area contributed by atoms with Crippen molar-refractivity contribution >= 4 is 12.1 Å². The number of hydrogen-bond donors (Lipinski definition) is 1. The SMILES string of the molecule is C[C@H](/C=C/C=O)[C@@H]1CC[C@]2(C)C3=C(CC[C@@]12C)[C@@]1(C)CC[C@H](O)C(C)(C)[C@@H]1CC3=O. The van der Waals surface area contributed by atoms with Crippen molar-refractivity contribution in [3.63, 3.8) is 0 Å². The number of aliphatic hydroxyl groups excluding tert-OH is 1. The maximum Gasteiger partial charge on any atom is 0.159 e.